The first-order chi connectivity index (χ1) is 8.00. The van der Waals surface area contributed by atoms with Crippen LogP contribution in [0.2, 0.25) is 15.1 Å². The average molecular weight is 287 g/mol. The maximum atomic E-state index is 6.19. The second-order valence-corrected chi connectivity index (χ2v) is 5.09. The SMILES string of the molecule is Cc1cnc(-c2c(Cl)ccc(Cl)c2Cl)c(C)c1. The van der Waals surface area contributed by atoms with Crippen LogP contribution in [0, 0.1) is 13.8 Å². The molecule has 0 saturated carbocycles. The van der Waals surface area contributed by atoms with Gasteiger partial charge in [-0.05, 0) is 37.1 Å². The molecule has 2 aromatic rings. The van der Waals surface area contributed by atoms with Gasteiger partial charge in [-0.2, -0.15) is 0 Å². The molecule has 0 bridgehead atoms. The zero-order valence-electron chi connectivity index (χ0n) is 9.39. The van der Waals surface area contributed by atoms with E-state index in [0.29, 0.717) is 20.6 Å². The molecule has 1 aromatic carbocycles. The molecule has 1 nitrogen and oxygen atoms in total. The van der Waals surface area contributed by atoms with Crippen molar-refractivity contribution in [3.8, 4) is 11.3 Å². The summed E-state index contributed by atoms with van der Waals surface area (Å²) in [6, 6.07) is 5.45. The molecule has 0 radical (unpaired) electrons. The van der Waals surface area contributed by atoms with Crippen molar-refractivity contribution >= 4 is 34.8 Å². The van der Waals surface area contributed by atoms with Crippen LogP contribution in [0.1, 0.15) is 11.1 Å². The molecule has 1 heterocycles. The fraction of sp³-hybridized carbons (Fsp3) is 0.154. The summed E-state index contributed by atoms with van der Waals surface area (Å²) in [5.74, 6) is 0. The summed E-state index contributed by atoms with van der Waals surface area (Å²) in [6.07, 6.45) is 1.79. The van der Waals surface area contributed by atoms with Crippen LogP contribution in [0.5, 0.6) is 0 Å². The van der Waals surface area contributed by atoms with E-state index in [9.17, 15) is 0 Å². The monoisotopic (exact) mass is 285 g/mol. The predicted molar refractivity (Wildman–Crippen MR) is 74.2 cm³/mol. The van der Waals surface area contributed by atoms with Crippen molar-refractivity contribution in [3.63, 3.8) is 0 Å². The van der Waals surface area contributed by atoms with Crippen molar-refractivity contribution in [2.75, 3.05) is 0 Å². The number of aromatic nitrogens is 1. The summed E-state index contributed by atoms with van der Waals surface area (Å²) < 4.78 is 0. The fourth-order valence-electron chi connectivity index (χ4n) is 1.72. The third-order valence-corrected chi connectivity index (χ3v) is 3.62. The van der Waals surface area contributed by atoms with Crippen LogP contribution in [0.3, 0.4) is 0 Å². The lowest BCUT2D eigenvalue weighted by Crippen LogP contribution is -1.92. The van der Waals surface area contributed by atoms with Crippen LogP contribution < -0.4 is 0 Å². The number of halogens is 3. The third-order valence-electron chi connectivity index (χ3n) is 2.50. The maximum Gasteiger partial charge on any atom is 0.0761 e. The minimum Gasteiger partial charge on any atom is -0.256 e. The van der Waals surface area contributed by atoms with E-state index in [1.54, 1.807) is 18.3 Å². The Morgan fingerprint density at radius 3 is 2.29 bits per heavy atom. The van der Waals surface area contributed by atoms with Gasteiger partial charge in [-0.3, -0.25) is 4.98 Å². The van der Waals surface area contributed by atoms with E-state index in [0.717, 1.165) is 16.8 Å². The number of hydrogen-bond acceptors (Lipinski definition) is 1. The molecule has 0 aliphatic carbocycles. The maximum absolute atomic E-state index is 6.19. The first-order valence-corrected chi connectivity index (χ1v) is 6.21. The fourth-order valence-corrected chi connectivity index (χ4v) is 2.43. The van der Waals surface area contributed by atoms with Gasteiger partial charge < -0.3 is 0 Å². The lowest BCUT2D eigenvalue weighted by Gasteiger charge is -2.10. The van der Waals surface area contributed by atoms with Gasteiger partial charge in [0.25, 0.3) is 0 Å². The third kappa shape index (κ3) is 2.42. The highest BCUT2D eigenvalue weighted by Crippen LogP contribution is 2.39. The highest BCUT2D eigenvalue weighted by Gasteiger charge is 2.14. The number of nitrogens with zero attached hydrogens (tertiary/aromatic N) is 1. The number of hydrogen-bond donors (Lipinski definition) is 0. The summed E-state index contributed by atoms with van der Waals surface area (Å²) in [5, 5.41) is 1.48. The highest BCUT2D eigenvalue weighted by atomic mass is 35.5. The minimum absolute atomic E-state index is 0.443. The van der Waals surface area contributed by atoms with Crippen molar-refractivity contribution in [2.45, 2.75) is 13.8 Å². The lowest BCUT2D eigenvalue weighted by molar-refractivity contribution is 1.22. The Hall–Kier alpha value is -0.760. The van der Waals surface area contributed by atoms with Crippen LogP contribution in [-0.2, 0) is 0 Å². The zero-order chi connectivity index (χ0) is 12.6. The quantitative estimate of drug-likeness (QED) is 0.646. The van der Waals surface area contributed by atoms with E-state index in [-0.39, 0.29) is 0 Å². The van der Waals surface area contributed by atoms with E-state index < -0.39 is 0 Å². The van der Waals surface area contributed by atoms with Crippen LogP contribution in [-0.4, -0.2) is 4.98 Å². The first kappa shape index (κ1) is 12.7. The average Bonchev–Trinajstić information content (AvgIpc) is 2.27. The second-order valence-electron chi connectivity index (χ2n) is 3.90. The lowest BCUT2D eigenvalue weighted by atomic mass is 10.1. The molecule has 17 heavy (non-hydrogen) atoms. The molecule has 0 spiro atoms. The topological polar surface area (TPSA) is 12.9 Å². The molecule has 4 heteroatoms. The van der Waals surface area contributed by atoms with Crippen molar-refractivity contribution < 1.29 is 0 Å². The molecule has 0 saturated heterocycles. The molecule has 0 unspecified atom stereocenters. The molecular weight excluding hydrogens is 277 g/mol. The highest BCUT2D eigenvalue weighted by molar-refractivity contribution is 6.46. The number of aryl methyl sites for hydroxylation is 2. The molecule has 0 atom stereocenters. The van der Waals surface area contributed by atoms with Crippen LogP contribution in [0.25, 0.3) is 11.3 Å². The van der Waals surface area contributed by atoms with Crippen LogP contribution in [0.15, 0.2) is 24.4 Å². The second kappa shape index (κ2) is 4.85. The van der Waals surface area contributed by atoms with Crippen molar-refractivity contribution in [1.29, 1.82) is 0 Å². The molecule has 0 aliphatic rings. The largest absolute Gasteiger partial charge is 0.256 e. The van der Waals surface area contributed by atoms with E-state index in [4.69, 9.17) is 34.8 Å². The number of benzene rings is 1. The normalized spacial score (nSPS) is 10.6. The van der Waals surface area contributed by atoms with Gasteiger partial charge in [0.1, 0.15) is 0 Å². The predicted octanol–water partition coefficient (Wildman–Crippen LogP) is 5.33. The van der Waals surface area contributed by atoms with E-state index in [1.165, 1.54) is 0 Å². The molecule has 0 aliphatic heterocycles. The number of pyridine rings is 1. The van der Waals surface area contributed by atoms with Gasteiger partial charge in [0.05, 0.1) is 20.8 Å². The Morgan fingerprint density at radius 2 is 1.65 bits per heavy atom. The van der Waals surface area contributed by atoms with Gasteiger partial charge in [-0.25, -0.2) is 0 Å². The summed E-state index contributed by atoms with van der Waals surface area (Å²) in [7, 11) is 0. The molecule has 2 rings (SSSR count). The van der Waals surface area contributed by atoms with E-state index in [2.05, 4.69) is 4.98 Å². The zero-order valence-corrected chi connectivity index (χ0v) is 11.7. The van der Waals surface area contributed by atoms with Crippen LogP contribution in [0.4, 0.5) is 0 Å². The van der Waals surface area contributed by atoms with Gasteiger partial charge in [0.2, 0.25) is 0 Å². The van der Waals surface area contributed by atoms with E-state index in [1.807, 2.05) is 19.9 Å². The Balaban J connectivity index is 2.72. The summed E-state index contributed by atoms with van der Waals surface area (Å²) in [4.78, 5) is 4.38. The Bertz CT molecular complexity index is 579. The minimum atomic E-state index is 0.443. The van der Waals surface area contributed by atoms with Gasteiger partial charge in [-0.1, -0.05) is 40.9 Å². The van der Waals surface area contributed by atoms with Gasteiger partial charge >= 0.3 is 0 Å². The van der Waals surface area contributed by atoms with Crippen molar-refractivity contribution in [2.24, 2.45) is 0 Å². The van der Waals surface area contributed by atoms with Gasteiger partial charge in [0.15, 0.2) is 0 Å². The standard InChI is InChI=1S/C13H10Cl3N/c1-7-5-8(2)13(17-6-7)11-9(14)3-4-10(15)12(11)16/h3-6H,1-2H3. The molecular formula is C13H10Cl3N. The van der Waals surface area contributed by atoms with E-state index >= 15 is 0 Å². The Morgan fingerprint density at radius 1 is 1.00 bits per heavy atom. The summed E-state index contributed by atoms with van der Waals surface area (Å²) in [6.45, 7) is 3.97. The smallest absolute Gasteiger partial charge is 0.0761 e. The molecule has 1 aromatic heterocycles. The van der Waals surface area contributed by atoms with Gasteiger partial charge in [-0.15, -0.1) is 0 Å². The van der Waals surface area contributed by atoms with Gasteiger partial charge in [0, 0.05) is 11.8 Å². The summed E-state index contributed by atoms with van der Waals surface area (Å²) in [5.41, 5.74) is 3.59. The summed E-state index contributed by atoms with van der Waals surface area (Å²) >= 11 is 18.4. The Kier molecular flexibility index (Phi) is 3.62. The molecule has 0 amide bonds. The molecule has 0 fully saturated rings. The number of rotatable bonds is 1. The first-order valence-electron chi connectivity index (χ1n) is 5.08. The molecule has 0 N–H and O–H groups in total. The van der Waals surface area contributed by atoms with Crippen molar-refractivity contribution in [3.05, 3.63) is 50.6 Å². The Labute approximate surface area is 115 Å². The molecule has 88 valence electrons. The van der Waals surface area contributed by atoms with Crippen LogP contribution >= 0.6 is 34.8 Å². The van der Waals surface area contributed by atoms with Crippen molar-refractivity contribution in [1.82, 2.24) is 4.98 Å².